The lowest BCUT2D eigenvalue weighted by molar-refractivity contribution is 0.102. The number of aromatic amines is 1. The predicted octanol–water partition coefficient (Wildman–Crippen LogP) is 3.60. The lowest BCUT2D eigenvalue weighted by atomic mass is 10.2. The minimum atomic E-state index is -0.547. The van der Waals surface area contributed by atoms with Crippen molar-refractivity contribution in [2.75, 3.05) is 10.6 Å². The van der Waals surface area contributed by atoms with Gasteiger partial charge < -0.3 is 10.6 Å². The topological polar surface area (TPSA) is 99.8 Å². The third kappa shape index (κ3) is 3.56. The molecule has 0 saturated heterocycles. The minimum absolute atomic E-state index is 0.00142. The van der Waals surface area contributed by atoms with Crippen molar-refractivity contribution >= 4 is 34.1 Å². The Hall–Kier alpha value is -4.07. The van der Waals surface area contributed by atoms with Gasteiger partial charge in [0.2, 0.25) is 0 Å². The molecule has 0 spiro atoms. The van der Waals surface area contributed by atoms with Gasteiger partial charge in [-0.15, -0.1) is 0 Å². The number of carbonyl (C=O) groups is 2. The smallest absolute Gasteiger partial charge is 0.278 e. The lowest BCUT2D eigenvalue weighted by Gasteiger charge is -2.07. The first-order chi connectivity index (χ1) is 13.6. The first kappa shape index (κ1) is 17.3. The van der Waals surface area contributed by atoms with Crippen molar-refractivity contribution < 1.29 is 14.0 Å². The van der Waals surface area contributed by atoms with Crippen molar-refractivity contribution in [2.24, 2.45) is 0 Å². The highest BCUT2D eigenvalue weighted by Gasteiger charge is 2.18. The molecule has 0 aliphatic heterocycles. The second kappa shape index (κ2) is 7.28. The molecule has 3 N–H and O–H groups in total. The normalized spacial score (nSPS) is 10.6. The van der Waals surface area contributed by atoms with Crippen molar-refractivity contribution in [3.63, 3.8) is 0 Å². The summed E-state index contributed by atoms with van der Waals surface area (Å²) in [5.74, 6) is -1.42. The van der Waals surface area contributed by atoms with Gasteiger partial charge in [-0.25, -0.2) is 9.37 Å². The zero-order chi connectivity index (χ0) is 19.5. The fourth-order valence-corrected chi connectivity index (χ4v) is 2.66. The van der Waals surface area contributed by atoms with Crippen molar-refractivity contribution in [2.45, 2.75) is 0 Å². The number of carbonyl (C=O) groups excluding carboxylic acids is 2. The number of rotatable bonds is 4. The Morgan fingerprint density at radius 1 is 0.893 bits per heavy atom. The monoisotopic (exact) mass is 375 g/mol. The fraction of sp³-hybridized carbons (Fsp3) is 0. The van der Waals surface area contributed by atoms with Crippen LogP contribution in [0, 0.1) is 5.82 Å². The molecule has 2 aromatic carbocycles. The van der Waals surface area contributed by atoms with Crippen LogP contribution in [0.5, 0.6) is 0 Å². The van der Waals surface area contributed by atoms with E-state index in [2.05, 4.69) is 25.8 Å². The summed E-state index contributed by atoms with van der Waals surface area (Å²) in [6, 6.07) is 16.2. The molecule has 2 aromatic heterocycles. The van der Waals surface area contributed by atoms with Gasteiger partial charge in [0.05, 0.1) is 11.2 Å². The summed E-state index contributed by atoms with van der Waals surface area (Å²) >= 11 is 0. The molecule has 0 fully saturated rings. The Balaban J connectivity index is 1.52. The average molecular weight is 375 g/mol. The second-order valence-electron chi connectivity index (χ2n) is 5.95. The van der Waals surface area contributed by atoms with Crippen LogP contribution in [0.15, 0.2) is 66.9 Å². The van der Waals surface area contributed by atoms with E-state index in [9.17, 15) is 14.0 Å². The van der Waals surface area contributed by atoms with E-state index in [0.29, 0.717) is 11.2 Å². The molecule has 0 saturated carbocycles. The Kier molecular flexibility index (Phi) is 4.51. The molecular formula is C20H14FN5O2. The Morgan fingerprint density at radius 3 is 2.50 bits per heavy atom. The van der Waals surface area contributed by atoms with Crippen LogP contribution in [0.1, 0.15) is 21.0 Å². The number of aromatic nitrogens is 3. The van der Waals surface area contributed by atoms with Gasteiger partial charge in [-0.2, -0.15) is 5.10 Å². The number of pyridine rings is 1. The van der Waals surface area contributed by atoms with Crippen LogP contribution >= 0.6 is 0 Å². The molecule has 0 unspecified atom stereocenters. The molecule has 28 heavy (non-hydrogen) atoms. The van der Waals surface area contributed by atoms with Gasteiger partial charge in [-0.3, -0.25) is 14.7 Å². The Labute approximate surface area is 158 Å². The SMILES string of the molecule is O=C(Nc1c[nH]nc1C(=O)Nc1ccc(F)cc1)c1ccc2ccccc2n1. The third-order valence-electron chi connectivity index (χ3n) is 4.04. The number of nitrogens with zero attached hydrogens (tertiary/aromatic N) is 2. The largest absolute Gasteiger partial charge is 0.321 e. The average Bonchev–Trinajstić information content (AvgIpc) is 3.17. The summed E-state index contributed by atoms with van der Waals surface area (Å²) in [5.41, 5.74) is 1.52. The summed E-state index contributed by atoms with van der Waals surface area (Å²) in [5, 5.41) is 12.6. The van der Waals surface area contributed by atoms with E-state index in [0.717, 1.165) is 5.39 Å². The van der Waals surface area contributed by atoms with E-state index in [4.69, 9.17) is 0 Å². The van der Waals surface area contributed by atoms with Crippen molar-refractivity contribution in [1.29, 1.82) is 0 Å². The molecule has 7 nitrogen and oxygen atoms in total. The molecule has 2 amide bonds. The van der Waals surface area contributed by atoms with Crippen LogP contribution in [0.2, 0.25) is 0 Å². The molecule has 4 aromatic rings. The van der Waals surface area contributed by atoms with Gasteiger partial charge in [0.25, 0.3) is 11.8 Å². The molecule has 0 radical (unpaired) electrons. The van der Waals surface area contributed by atoms with E-state index in [-0.39, 0.29) is 17.1 Å². The first-order valence-electron chi connectivity index (χ1n) is 8.38. The van der Waals surface area contributed by atoms with E-state index in [1.165, 1.54) is 30.5 Å². The molecule has 0 aliphatic carbocycles. The van der Waals surface area contributed by atoms with Gasteiger partial charge in [0.15, 0.2) is 5.69 Å². The summed E-state index contributed by atoms with van der Waals surface area (Å²) in [7, 11) is 0. The summed E-state index contributed by atoms with van der Waals surface area (Å²) in [6.07, 6.45) is 1.40. The number of benzene rings is 2. The van der Waals surface area contributed by atoms with Crippen LogP contribution in [0.3, 0.4) is 0 Å². The number of H-pyrrole nitrogens is 1. The maximum Gasteiger partial charge on any atom is 0.278 e. The van der Waals surface area contributed by atoms with Crippen LogP contribution < -0.4 is 10.6 Å². The number of amides is 2. The van der Waals surface area contributed by atoms with E-state index < -0.39 is 17.6 Å². The molecule has 8 heteroatoms. The second-order valence-corrected chi connectivity index (χ2v) is 5.95. The fourth-order valence-electron chi connectivity index (χ4n) is 2.66. The Bertz CT molecular complexity index is 1170. The van der Waals surface area contributed by atoms with E-state index in [1.807, 2.05) is 24.3 Å². The van der Waals surface area contributed by atoms with Crippen LogP contribution in [-0.2, 0) is 0 Å². The van der Waals surface area contributed by atoms with Crippen LogP contribution in [-0.4, -0.2) is 27.0 Å². The van der Waals surface area contributed by atoms with Gasteiger partial charge in [0.1, 0.15) is 11.5 Å². The van der Waals surface area contributed by atoms with Gasteiger partial charge in [-0.05, 0) is 36.4 Å². The number of nitrogens with one attached hydrogen (secondary N) is 3. The molecule has 0 bridgehead atoms. The van der Waals surface area contributed by atoms with E-state index >= 15 is 0 Å². The summed E-state index contributed by atoms with van der Waals surface area (Å²) in [6.45, 7) is 0. The Morgan fingerprint density at radius 2 is 1.68 bits per heavy atom. The maximum atomic E-state index is 13.0. The van der Waals surface area contributed by atoms with Crippen molar-refractivity contribution in [3.05, 3.63) is 84.1 Å². The quantitative estimate of drug-likeness (QED) is 0.507. The first-order valence-corrected chi connectivity index (χ1v) is 8.38. The predicted molar refractivity (Wildman–Crippen MR) is 103 cm³/mol. The number of para-hydroxylation sites is 1. The molecule has 138 valence electrons. The lowest BCUT2D eigenvalue weighted by Crippen LogP contribution is -2.18. The van der Waals surface area contributed by atoms with Gasteiger partial charge in [0, 0.05) is 17.3 Å². The zero-order valence-electron chi connectivity index (χ0n) is 14.4. The summed E-state index contributed by atoms with van der Waals surface area (Å²) in [4.78, 5) is 29.3. The number of hydrogen-bond donors (Lipinski definition) is 3. The van der Waals surface area contributed by atoms with Crippen LogP contribution in [0.4, 0.5) is 15.8 Å². The highest BCUT2D eigenvalue weighted by atomic mass is 19.1. The van der Waals surface area contributed by atoms with E-state index in [1.54, 1.807) is 12.1 Å². The van der Waals surface area contributed by atoms with Crippen LogP contribution in [0.25, 0.3) is 10.9 Å². The van der Waals surface area contributed by atoms with Gasteiger partial charge >= 0.3 is 0 Å². The third-order valence-corrected chi connectivity index (χ3v) is 4.04. The summed E-state index contributed by atoms with van der Waals surface area (Å²) < 4.78 is 13.0. The number of fused-ring (bicyclic) bond motifs is 1. The molecule has 2 heterocycles. The van der Waals surface area contributed by atoms with Crippen molar-refractivity contribution in [1.82, 2.24) is 15.2 Å². The molecule has 0 atom stereocenters. The van der Waals surface area contributed by atoms with Crippen molar-refractivity contribution in [3.8, 4) is 0 Å². The number of hydrogen-bond acceptors (Lipinski definition) is 4. The van der Waals surface area contributed by atoms with Gasteiger partial charge in [-0.1, -0.05) is 24.3 Å². The maximum absolute atomic E-state index is 13.0. The minimum Gasteiger partial charge on any atom is -0.321 e. The molecule has 0 aliphatic rings. The molecule has 4 rings (SSSR count). The highest BCUT2D eigenvalue weighted by Crippen LogP contribution is 2.17. The standard InChI is InChI=1S/C20H14FN5O2/c21-13-6-8-14(9-7-13)23-20(28)18-17(11-22-26-18)25-19(27)16-10-5-12-3-1-2-4-15(12)24-16/h1-11H,(H,22,26)(H,23,28)(H,25,27). The number of anilines is 2. The molecular weight excluding hydrogens is 361 g/mol. The zero-order valence-corrected chi connectivity index (χ0v) is 14.4. The highest BCUT2D eigenvalue weighted by molar-refractivity contribution is 6.11. The number of halogens is 1.